The average molecular weight is 135 g/mol. The third kappa shape index (κ3) is 35.5. The zero-order valence-electron chi connectivity index (χ0n) is 6.32. The molecule has 8 heavy (non-hydrogen) atoms. The third-order valence-corrected chi connectivity index (χ3v) is 0.500. The molecule has 0 spiro atoms. The van der Waals surface area contributed by atoms with Crippen molar-refractivity contribution in [1.82, 2.24) is 5.32 Å². The van der Waals surface area contributed by atoms with Crippen molar-refractivity contribution < 1.29 is 4.43 Å². The maximum atomic E-state index is 4.39. The molecular formula is C5H17NOSi. The van der Waals surface area contributed by atoms with Crippen LogP contribution in [0.25, 0.3) is 0 Å². The molecule has 0 unspecified atom stereocenters. The minimum absolute atomic E-state index is 0.869. The van der Waals surface area contributed by atoms with Crippen LogP contribution in [0.2, 0.25) is 0 Å². The summed E-state index contributed by atoms with van der Waals surface area (Å²) in [5, 5.41) is 3.11. The molecule has 0 heterocycles. The van der Waals surface area contributed by atoms with Crippen LogP contribution in [0.15, 0.2) is 0 Å². The topological polar surface area (TPSA) is 21.3 Å². The summed E-state index contributed by atoms with van der Waals surface area (Å²) >= 11 is 0. The van der Waals surface area contributed by atoms with Gasteiger partial charge in [-0.1, -0.05) is 13.8 Å². The van der Waals surface area contributed by atoms with Gasteiger partial charge in [0.05, 0.1) is 0 Å². The first kappa shape index (κ1) is 11.0. The highest BCUT2D eigenvalue weighted by Gasteiger charge is 1.62. The van der Waals surface area contributed by atoms with Crippen LogP contribution in [-0.2, 0) is 4.43 Å². The highest BCUT2D eigenvalue weighted by atomic mass is 28.2. The second kappa shape index (κ2) is 15.7. The third-order valence-electron chi connectivity index (χ3n) is 0.500. The van der Waals surface area contributed by atoms with Crippen LogP contribution in [-0.4, -0.2) is 30.7 Å². The fourth-order valence-electron chi connectivity index (χ4n) is 0.250. The SMILES string of the molecule is CCNCC.CO[SiH3]. The number of rotatable bonds is 2. The van der Waals surface area contributed by atoms with Crippen molar-refractivity contribution in [3.05, 3.63) is 0 Å². The first-order valence-electron chi connectivity index (χ1n) is 2.94. The van der Waals surface area contributed by atoms with Gasteiger partial charge in [-0.05, 0) is 13.1 Å². The molecule has 52 valence electrons. The molecule has 1 N–H and O–H groups in total. The maximum absolute atomic E-state index is 4.39. The Morgan fingerprint density at radius 2 is 1.62 bits per heavy atom. The molecule has 0 aliphatic rings. The van der Waals surface area contributed by atoms with Crippen molar-refractivity contribution in [2.45, 2.75) is 13.8 Å². The van der Waals surface area contributed by atoms with Gasteiger partial charge >= 0.3 is 0 Å². The minimum atomic E-state index is 0.869. The van der Waals surface area contributed by atoms with Crippen molar-refractivity contribution in [3.8, 4) is 0 Å². The van der Waals surface area contributed by atoms with Gasteiger partial charge in [0.2, 0.25) is 0 Å². The summed E-state index contributed by atoms with van der Waals surface area (Å²) in [5.41, 5.74) is 0. The normalized spacial score (nSPS) is 7.88. The molecule has 0 radical (unpaired) electrons. The zero-order valence-corrected chi connectivity index (χ0v) is 8.32. The van der Waals surface area contributed by atoms with E-state index < -0.39 is 0 Å². The second-order valence-corrected chi connectivity index (χ2v) is 2.18. The van der Waals surface area contributed by atoms with Crippen LogP contribution in [0.4, 0.5) is 0 Å². The molecule has 0 bridgehead atoms. The van der Waals surface area contributed by atoms with Gasteiger partial charge in [0, 0.05) is 7.11 Å². The van der Waals surface area contributed by atoms with Gasteiger partial charge in [0.1, 0.15) is 10.5 Å². The average Bonchev–Trinajstić information content (AvgIpc) is 1.71. The van der Waals surface area contributed by atoms with E-state index in [0.717, 1.165) is 23.6 Å². The zero-order chi connectivity index (χ0) is 6.83. The van der Waals surface area contributed by atoms with E-state index in [0.29, 0.717) is 0 Å². The number of hydrogen-bond donors (Lipinski definition) is 1. The Labute approximate surface area is 55.2 Å². The largest absolute Gasteiger partial charge is 0.431 e. The van der Waals surface area contributed by atoms with Crippen LogP contribution in [0.5, 0.6) is 0 Å². The monoisotopic (exact) mass is 135 g/mol. The Kier molecular flexibility index (Phi) is 21.6. The first-order chi connectivity index (χ1) is 3.83. The molecule has 0 aliphatic carbocycles. The lowest BCUT2D eigenvalue weighted by molar-refractivity contribution is 0.460. The Hall–Kier alpha value is 0.137. The molecule has 0 rings (SSSR count). The Morgan fingerprint density at radius 3 is 1.62 bits per heavy atom. The summed E-state index contributed by atoms with van der Waals surface area (Å²) in [6.07, 6.45) is 0. The summed E-state index contributed by atoms with van der Waals surface area (Å²) in [5.74, 6) is 0. The molecule has 0 saturated heterocycles. The predicted octanol–water partition coefficient (Wildman–Crippen LogP) is -0.471. The molecule has 0 saturated carbocycles. The van der Waals surface area contributed by atoms with E-state index >= 15 is 0 Å². The minimum Gasteiger partial charge on any atom is -0.431 e. The van der Waals surface area contributed by atoms with Crippen molar-refractivity contribution in [2.75, 3.05) is 20.2 Å². The van der Waals surface area contributed by atoms with Crippen LogP contribution in [0.1, 0.15) is 13.8 Å². The molecule has 0 aromatic heterocycles. The fourth-order valence-corrected chi connectivity index (χ4v) is 0.250. The van der Waals surface area contributed by atoms with E-state index in [-0.39, 0.29) is 0 Å². The van der Waals surface area contributed by atoms with Gasteiger partial charge in [-0.3, -0.25) is 0 Å². The van der Waals surface area contributed by atoms with Gasteiger partial charge in [-0.25, -0.2) is 0 Å². The van der Waals surface area contributed by atoms with Gasteiger partial charge in [-0.2, -0.15) is 0 Å². The molecule has 0 aromatic rings. The van der Waals surface area contributed by atoms with Gasteiger partial charge in [-0.15, -0.1) is 0 Å². The molecule has 0 atom stereocenters. The van der Waals surface area contributed by atoms with Crippen molar-refractivity contribution in [3.63, 3.8) is 0 Å². The molecule has 3 heteroatoms. The molecule has 0 amide bonds. The van der Waals surface area contributed by atoms with Crippen molar-refractivity contribution in [2.24, 2.45) is 0 Å². The fraction of sp³-hybridized carbons (Fsp3) is 1.00. The van der Waals surface area contributed by atoms with Gasteiger partial charge in [0.15, 0.2) is 0 Å². The van der Waals surface area contributed by atoms with E-state index in [9.17, 15) is 0 Å². The van der Waals surface area contributed by atoms with Crippen LogP contribution in [0.3, 0.4) is 0 Å². The summed E-state index contributed by atoms with van der Waals surface area (Å²) in [6.45, 7) is 6.39. The first-order valence-corrected chi connectivity index (χ1v) is 3.75. The predicted molar refractivity (Wildman–Crippen MR) is 41.2 cm³/mol. The highest BCUT2D eigenvalue weighted by Crippen LogP contribution is 1.47. The van der Waals surface area contributed by atoms with E-state index in [1.165, 1.54) is 0 Å². The van der Waals surface area contributed by atoms with E-state index in [2.05, 4.69) is 23.6 Å². The van der Waals surface area contributed by atoms with E-state index in [4.69, 9.17) is 0 Å². The summed E-state index contributed by atoms with van der Waals surface area (Å²) in [6, 6.07) is 0. The lowest BCUT2D eigenvalue weighted by atomic mass is 10.7. The van der Waals surface area contributed by atoms with E-state index in [1.54, 1.807) is 7.11 Å². The van der Waals surface area contributed by atoms with Gasteiger partial charge < -0.3 is 9.74 Å². The molecule has 0 fully saturated rings. The highest BCUT2D eigenvalue weighted by molar-refractivity contribution is 5.97. The Bertz CT molecular complexity index is 26.4. The number of nitrogens with one attached hydrogen (secondary N) is 1. The Morgan fingerprint density at radius 1 is 1.38 bits per heavy atom. The van der Waals surface area contributed by atoms with E-state index in [1.807, 2.05) is 0 Å². The molecular weight excluding hydrogens is 118 g/mol. The second-order valence-electron chi connectivity index (χ2n) is 1.37. The lowest BCUT2D eigenvalue weighted by Gasteiger charge is -1.86. The summed E-state index contributed by atoms with van der Waals surface area (Å²) in [4.78, 5) is 0. The van der Waals surface area contributed by atoms with Gasteiger partial charge in [0.25, 0.3) is 0 Å². The lowest BCUT2D eigenvalue weighted by Crippen LogP contribution is -2.09. The van der Waals surface area contributed by atoms with Crippen LogP contribution in [0, 0.1) is 0 Å². The molecule has 2 nitrogen and oxygen atoms in total. The number of hydrogen-bond acceptors (Lipinski definition) is 2. The van der Waals surface area contributed by atoms with Crippen molar-refractivity contribution >= 4 is 10.5 Å². The Balaban J connectivity index is 0. The van der Waals surface area contributed by atoms with Crippen LogP contribution >= 0.6 is 0 Å². The maximum Gasteiger partial charge on any atom is 0.145 e. The van der Waals surface area contributed by atoms with Crippen LogP contribution < -0.4 is 5.32 Å². The molecule has 0 aromatic carbocycles. The van der Waals surface area contributed by atoms with Crippen molar-refractivity contribution in [1.29, 1.82) is 0 Å². The quantitative estimate of drug-likeness (QED) is 0.517. The summed E-state index contributed by atoms with van der Waals surface area (Å²) in [7, 11) is 2.56. The smallest absolute Gasteiger partial charge is 0.145 e. The molecule has 0 aliphatic heterocycles. The standard InChI is InChI=1S/C4H11N.CH6OSi/c1-3-5-4-2;1-2-3/h5H,3-4H2,1-2H3;1,3H3. The summed E-state index contributed by atoms with van der Waals surface area (Å²) < 4.78 is 4.39.